The van der Waals surface area contributed by atoms with Gasteiger partial charge in [0.25, 0.3) is 0 Å². The van der Waals surface area contributed by atoms with Crippen LogP contribution < -0.4 is 0 Å². The summed E-state index contributed by atoms with van der Waals surface area (Å²) in [5, 5.41) is 12.1. The zero-order chi connectivity index (χ0) is 30.6. The third-order valence-electron chi connectivity index (χ3n) is 7.79. The number of ether oxygens (including phenoxy) is 6. The maximum absolute atomic E-state index is 12.1. The van der Waals surface area contributed by atoms with Crippen molar-refractivity contribution in [1.82, 2.24) is 0 Å². The number of methoxy groups -OCH3 is 1. The predicted octanol–water partition coefficient (Wildman–Crippen LogP) is 6.08. The van der Waals surface area contributed by atoms with Crippen LogP contribution in [0.4, 0.5) is 0 Å². The highest BCUT2D eigenvalue weighted by molar-refractivity contribution is 5.17. The Balaban J connectivity index is 1.48. The van der Waals surface area contributed by atoms with Crippen molar-refractivity contribution in [3.8, 4) is 0 Å². The van der Waals surface area contributed by atoms with E-state index in [-0.39, 0.29) is 19.8 Å². The summed E-state index contributed by atoms with van der Waals surface area (Å²) >= 11 is 0. The summed E-state index contributed by atoms with van der Waals surface area (Å²) in [4.78, 5) is 0. The van der Waals surface area contributed by atoms with E-state index in [1.165, 1.54) is 7.11 Å². The summed E-state index contributed by atoms with van der Waals surface area (Å²) in [5.41, 5.74) is 2.39. The largest absolute Gasteiger partial charge is 0.382 e. The molecule has 1 aliphatic rings. The van der Waals surface area contributed by atoms with Gasteiger partial charge in [-0.2, -0.15) is 0 Å². The minimum absolute atomic E-state index is 0.181. The molecule has 7 nitrogen and oxygen atoms in total. The summed E-state index contributed by atoms with van der Waals surface area (Å²) in [5.74, 6) is 0. The molecule has 0 aromatic heterocycles. The number of aliphatic hydroxyl groups is 1. The molecule has 0 aliphatic carbocycles. The maximum Gasteiger partial charge on any atom is 0.188 e. The predicted molar refractivity (Wildman–Crippen MR) is 167 cm³/mol. The molecule has 0 bridgehead atoms. The lowest BCUT2D eigenvalue weighted by Crippen LogP contribution is -2.58. The van der Waals surface area contributed by atoms with E-state index in [0.717, 1.165) is 22.3 Å². The third-order valence-corrected chi connectivity index (χ3v) is 7.79. The van der Waals surface area contributed by atoms with Crippen molar-refractivity contribution in [3.63, 3.8) is 0 Å². The summed E-state index contributed by atoms with van der Waals surface area (Å²) < 4.78 is 38.3. The molecule has 0 unspecified atom stereocenters. The second-order valence-electron chi connectivity index (χ2n) is 11.2. The fourth-order valence-corrected chi connectivity index (χ4v) is 5.46. The van der Waals surface area contributed by atoms with Crippen LogP contribution >= 0.6 is 0 Å². The Labute approximate surface area is 260 Å². The van der Waals surface area contributed by atoms with Gasteiger partial charge in [-0.05, 0) is 29.2 Å². The van der Waals surface area contributed by atoms with E-state index in [2.05, 4.69) is 0 Å². The molecule has 1 heterocycles. The summed E-state index contributed by atoms with van der Waals surface area (Å²) in [6.07, 6.45) is -3.99. The van der Waals surface area contributed by atoms with Crippen LogP contribution in [0.2, 0.25) is 0 Å². The van der Waals surface area contributed by atoms with E-state index < -0.39 is 36.3 Å². The number of rotatable bonds is 14. The minimum Gasteiger partial charge on any atom is -0.382 e. The molecule has 0 spiro atoms. The second kappa shape index (κ2) is 16.1. The fourth-order valence-electron chi connectivity index (χ4n) is 5.46. The van der Waals surface area contributed by atoms with Gasteiger partial charge in [-0.1, -0.05) is 121 Å². The minimum atomic E-state index is -1.60. The second-order valence-corrected chi connectivity index (χ2v) is 11.2. The molecule has 4 aromatic rings. The molecule has 1 fully saturated rings. The molecule has 1 aliphatic heterocycles. The average Bonchev–Trinajstić information content (AvgIpc) is 3.14. The van der Waals surface area contributed by atoms with Crippen LogP contribution in [0.25, 0.3) is 0 Å². The first kappa shape index (κ1) is 32.0. The van der Waals surface area contributed by atoms with Gasteiger partial charge in [-0.3, -0.25) is 0 Å². The van der Waals surface area contributed by atoms with Gasteiger partial charge in [0.2, 0.25) is 0 Å². The molecule has 7 heteroatoms. The Kier molecular flexibility index (Phi) is 11.7. The van der Waals surface area contributed by atoms with E-state index in [9.17, 15) is 5.11 Å². The van der Waals surface area contributed by atoms with Crippen LogP contribution in [-0.2, 0) is 54.8 Å². The van der Waals surface area contributed by atoms with Crippen LogP contribution in [0.1, 0.15) is 29.2 Å². The standard InChI is InChI=1S/C37H42O7/c1-37(38)35(43-26-31-21-13-6-14-22-31)34(42-25-30-19-11-5-12-20-30)33(41-24-29-17-9-4-10-18-29)32(44-36(37)39-2)27-40-23-28-15-7-3-8-16-28/h3-22,32-36,38H,23-27H2,1-2H3/t32-,33-,34+,35-,36+,37-/m1/s1. The van der Waals surface area contributed by atoms with Gasteiger partial charge in [-0.25, -0.2) is 0 Å². The lowest BCUT2D eigenvalue weighted by molar-refractivity contribution is -0.270. The highest BCUT2D eigenvalue weighted by atomic mass is 16.7. The van der Waals surface area contributed by atoms with Gasteiger partial charge >= 0.3 is 0 Å². The first-order valence-electron chi connectivity index (χ1n) is 15.0. The summed E-state index contributed by atoms with van der Waals surface area (Å²) in [6, 6.07) is 39.7. The van der Waals surface area contributed by atoms with Crippen LogP contribution in [0.5, 0.6) is 0 Å². The van der Waals surface area contributed by atoms with Crippen LogP contribution in [0, 0.1) is 0 Å². The van der Waals surface area contributed by atoms with Gasteiger partial charge in [0.15, 0.2) is 6.29 Å². The number of hydrogen-bond donors (Lipinski definition) is 1. The molecule has 1 N–H and O–H groups in total. The quantitative estimate of drug-likeness (QED) is 0.189. The van der Waals surface area contributed by atoms with Crippen molar-refractivity contribution in [2.45, 2.75) is 69.7 Å². The van der Waals surface area contributed by atoms with Gasteiger partial charge < -0.3 is 33.5 Å². The maximum atomic E-state index is 12.1. The smallest absolute Gasteiger partial charge is 0.188 e. The lowest BCUT2D eigenvalue weighted by atomic mass is 9.90. The molecule has 4 aromatic carbocycles. The Morgan fingerprint density at radius 1 is 0.591 bits per heavy atom. The SMILES string of the molecule is CO[C@H]1O[C@H](COCc2ccccc2)[C@@H](OCc2ccccc2)[C@H](OCc2ccccc2)[C@@H](OCc2ccccc2)[C@@]1(C)O. The molecule has 6 atom stereocenters. The number of benzene rings is 4. The van der Waals surface area contributed by atoms with Crippen LogP contribution in [0.15, 0.2) is 121 Å². The lowest BCUT2D eigenvalue weighted by Gasteiger charge is -2.39. The molecular formula is C37H42O7. The highest BCUT2D eigenvalue weighted by Gasteiger charge is 2.55. The molecule has 5 rings (SSSR count). The monoisotopic (exact) mass is 598 g/mol. The van der Waals surface area contributed by atoms with Crippen molar-refractivity contribution < 1.29 is 33.5 Å². The van der Waals surface area contributed by atoms with E-state index in [1.807, 2.05) is 121 Å². The number of hydrogen-bond acceptors (Lipinski definition) is 7. The normalized spacial score (nSPS) is 25.4. The van der Waals surface area contributed by atoms with Gasteiger partial charge in [0.05, 0.1) is 33.0 Å². The van der Waals surface area contributed by atoms with Crippen molar-refractivity contribution in [3.05, 3.63) is 144 Å². The topological polar surface area (TPSA) is 75.6 Å². The van der Waals surface area contributed by atoms with Crippen LogP contribution in [-0.4, -0.2) is 55.1 Å². The van der Waals surface area contributed by atoms with E-state index >= 15 is 0 Å². The fraction of sp³-hybridized carbons (Fsp3) is 0.351. The Morgan fingerprint density at radius 2 is 1.00 bits per heavy atom. The Morgan fingerprint density at radius 3 is 1.45 bits per heavy atom. The molecule has 0 saturated carbocycles. The van der Waals surface area contributed by atoms with Gasteiger partial charge in [0, 0.05) is 7.11 Å². The summed E-state index contributed by atoms with van der Waals surface area (Å²) in [7, 11) is 1.51. The molecule has 0 radical (unpaired) electrons. The van der Waals surface area contributed by atoms with Crippen molar-refractivity contribution in [2.24, 2.45) is 0 Å². The van der Waals surface area contributed by atoms with E-state index in [1.54, 1.807) is 6.92 Å². The van der Waals surface area contributed by atoms with Crippen molar-refractivity contribution >= 4 is 0 Å². The van der Waals surface area contributed by atoms with E-state index in [0.29, 0.717) is 13.2 Å². The van der Waals surface area contributed by atoms with Gasteiger partial charge in [-0.15, -0.1) is 0 Å². The summed E-state index contributed by atoms with van der Waals surface area (Å²) in [6.45, 7) is 3.08. The third kappa shape index (κ3) is 8.61. The molecule has 232 valence electrons. The molecular weight excluding hydrogens is 556 g/mol. The Bertz CT molecular complexity index is 1350. The van der Waals surface area contributed by atoms with Gasteiger partial charge in [0.1, 0.15) is 30.0 Å². The first-order valence-corrected chi connectivity index (χ1v) is 15.0. The molecule has 0 amide bonds. The Hall–Kier alpha value is -3.40. The average molecular weight is 599 g/mol. The molecule has 44 heavy (non-hydrogen) atoms. The first-order chi connectivity index (χ1) is 21.5. The molecule has 1 saturated heterocycles. The highest BCUT2D eigenvalue weighted by Crippen LogP contribution is 2.36. The van der Waals surface area contributed by atoms with Crippen LogP contribution in [0.3, 0.4) is 0 Å². The van der Waals surface area contributed by atoms with Crippen molar-refractivity contribution in [2.75, 3.05) is 13.7 Å². The zero-order valence-corrected chi connectivity index (χ0v) is 25.4. The zero-order valence-electron chi connectivity index (χ0n) is 25.4. The van der Waals surface area contributed by atoms with Crippen molar-refractivity contribution in [1.29, 1.82) is 0 Å². The van der Waals surface area contributed by atoms with E-state index in [4.69, 9.17) is 28.4 Å².